The standard InChI is InChI=1S/C11H18BrN3/c1-15(8-11(14)6-13)7-9-2-4-10(12)5-3-9/h2-5,11H,6-8,13-14H2,1H3. The molecule has 0 fully saturated rings. The number of nitrogens with zero attached hydrogens (tertiary/aromatic N) is 1. The van der Waals surface area contributed by atoms with E-state index in [9.17, 15) is 0 Å². The van der Waals surface area contributed by atoms with Gasteiger partial charge in [0.05, 0.1) is 0 Å². The third kappa shape index (κ3) is 4.75. The van der Waals surface area contributed by atoms with Crippen LogP contribution in [0.4, 0.5) is 0 Å². The molecule has 0 heterocycles. The molecule has 0 amide bonds. The molecule has 4 heteroatoms. The first kappa shape index (κ1) is 12.6. The minimum Gasteiger partial charge on any atom is -0.329 e. The Morgan fingerprint density at radius 3 is 2.47 bits per heavy atom. The van der Waals surface area contributed by atoms with Crippen LogP contribution in [0.2, 0.25) is 0 Å². The molecular weight excluding hydrogens is 254 g/mol. The van der Waals surface area contributed by atoms with Gasteiger partial charge in [-0.2, -0.15) is 0 Å². The van der Waals surface area contributed by atoms with Crippen molar-refractivity contribution in [2.45, 2.75) is 12.6 Å². The Kier molecular flexibility index (Phi) is 5.25. The number of rotatable bonds is 5. The minimum absolute atomic E-state index is 0.0606. The number of hydrogen-bond donors (Lipinski definition) is 2. The lowest BCUT2D eigenvalue weighted by Crippen LogP contribution is -2.40. The quantitative estimate of drug-likeness (QED) is 0.846. The van der Waals surface area contributed by atoms with Crippen LogP contribution in [0, 0.1) is 0 Å². The lowest BCUT2D eigenvalue weighted by molar-refractivity contribution is 0.305. The molecule has 0 saturated heterocycles. The van der Waals surface area contributed by atoms with E-state index in [1.54, 1.807) is 0 Å². The minimum atomic E-state index is 0.0606. The van der Waals surface area contributed by atoms with E-state index in [4.69, 9.17) is 11.5 Å². The summed E-state index contributed by atoms with van der Waals surface area (Å²) in [6, 6.07) is 8.37. The lowest BCUT2D eigenvalue weighted by Gasteiger charge is -2.20. The highest BCUT2D eigenvalue weighted by atomic mass is 79.9. The Bertz CT molecular complexity index is 286. The molecule has 1 aromatic carbocycles. The van der Waals surface area contributed by atoms with Crippen LogP contribution in [0.25, 0.3) is 0 Å². The fourth-order valence-corrected chi connectivity index (χ4v) is 1.71. The molecule has 1 aromatic rings. The van der Waals surface area contributed by atoms with E-state index in [-0.39, 0.29) is 6.04 Å². The van der Waals surface area contributed by atoms with E-state index in [0.29, 0.717) is 6.54 Å². The zero-order valence-electron chi connectivity index (χ0n) is 8.99. The van der Waals surface area contributed by atoms with E-state index in [2.05, 4.69) is 40.0 Å². The van der Waals surface area contributed by atoms with Crippen LogP contribution >= 0.6 is 15.9 Å². The van der Waals surface area contributed by atoms with Crippen molar-refractivity contribution in [3.63, 3.8) is 0 Å². The van der Waals surface area contributed by atoms with Crippen molar-refractivity contribution in [2.75, 3.05) is 20.1 Å². The molecule has 1 unspecified atom stereocenters. The maximum atomic E-state index is 5.78. The maximum absolute atomic E-state index is 5.78. The molecule has 0 radical (unpaired) electrons. The Hall–Kier alpha value is -0.420. The van der Waals surface area contributed by atoms with E-state index in [1.165, 1.54) is 5.56 Å². The number of hydrogen-bond acceptors (Lipinski definition) is 3. The number of nitrogens with two attached hydrogens (primary N) is 2. The molecule has 0 aromatic heterocycles. The molecular formula is C11H18BrN3. The Balaban J connectivity index is 2.44. The Morgan fingerprint density at radius 2 is 1.93 bits per heavy atom. The average molecular weight is 272 g/mol. The summed E-state index contributed by atoms with van der Waals surface area (Å²) in [4.78, 5) is 2.18. The summed E-state index contributed by atoms with van der Waals surface area (Å²) in [5.74, 6) is 0. The summed E-state index contributed by atoms with van der Waals surface area (Å²) in [5.41, 5.74) is 12.5. The molecule has 0 saturated carbocycles. The van der Waals surface area contributed by atoms with Gasteiger partial charge < -0.3 is 16.4 Å². The van der Waals surface area contributed by atoms with Crippen LogP contribution in [0.15, 0.2) is 28.7 Å². The molecule has 1 atom stereocenters. The highest BCUT2D eigenvalue weighted by molar-refractivity contribution is 9.10. The number of likely N-dealkylation sites (N-methyl/N-ethyl adjacent to an activating group) is 1. The molecule has 0 aliphatic carbocycles. The van der Waals surface area contributed by atoms with Gasteiger partial charge in [0.25, 0.3) is 0 Å². The summed E-state index contributed by atoms with van der Waals surface area (Å²) >= 11 is 3.41. The van der Waals surface area contributed by atoms with E-state index < -0.39 is 0 Å². The second-order valence-corrected chi connectivity index (χ2v) is 4.73. The predicted molar refractivity (Wildman–Crippen MR) is 67.5 cm³/mol. The first-order chi connectivity index (χ1) is 7.11. The largest absolute Gasteiger partial charge is 0.329 e. The van der Waals surface area contributed by atoms with Crippen LogP contribution in [0.5, 0.6) is 0 Å². The molecule has 0 aliphatic heterocycles. The third-order valence-corrected chi connectivity index (χ3v) is 2.74. The summed E-state index contributed by atoms with van der Waals surface area (Å²) in [6.07, 6.45) is 0. The van der Waals surface area contributed by atoms with Gasteiger partial charge in [-0.25, -0.2) is 0 Å². The molecule has 0 aliphatic rings. The lowest BCUT2D eigenvalue weighted by atomic mass is 10.2. The fourth-order valence-electron chi connectivity index (χ4n) is 1.44. The molecule has 84 valence electrons. The van der Waals surface area contributed by atoms with Crippen LogP contribution in [-0.4, -0.2) is 31.1 Å². The molecule has 4 N–H and O–H groups in total. The SMILES string of the molecule is CN(Cc1ccc(Br)cc1)CC(N)CN. The van der Waals surface area contributed by atoms with Crippen molar-refractivity contribution >= 4 is 15.9 Å². The molecule has 0 spiro atoms. The van der Waals surface area contributed by atoms with E-state index >= 15 is 0 Å². The summed E-state index contributed by atoms with van der Waals surface area (Å²) in [6.45, 7) is 2.26. The predicted octanol–water partition coefficient (Wildman–Crippen LogP) is 1.17. The molecule has 3 nitrogen and oxygen atoms in total. The first-order valence-electron chi connectivity index (χ1n) is 5.00. The highest BCUT2D eigenvalue weighted by Gasteiger charge is 2.05. The van der Waals surface area contributed by atoms with Crippen molar-refractivity contribution in [3.8, 4) is 0 Å². The first-order valence-corrected chi connectivity index (χ1v) is 5.79. The summed E-state index contributed by atoms with van der Waals surface area (Å²) < 4.78 is 1.10. The molecule has 1 rings (SSSR count). The normalized spacial score (nSPS) is 13.1. The number of halogens is 1. The van der Waals surface area contributed by atoms with Gasteiger partial charge in [0.2, 0.25) is 0 Å². The fraction of sp³-hybridized carbons (Fsp3) is 0.455. The van der Waals surface area contributed by atoms with Crippen LogP contribution in [0.3, 0.4) is 0 Å². The summed E-state index contributed by atoms with van der Waals surface area (Å²) in [7, 11) is 2.05. The maximum Gasteiger partial charge on any atom is 0.0292 e. The Labute approximate surface area is 99.6 Å². The average Bonchev–Trinajstić information content (AvgIpc) is 2.21. The van der Waals surface area contributed by atoms with Crippen molar-refractivity contribution < 1.29 is 0 Å². The van der Waals surface area contributed by atoms with Gasteiger partial charge in [0.1, 0.15) is 0 Å². The van der Waals surface area contributed by atoms with Gasteiger partial charge in [-0.05, 0) is 24.7 Å². The topological polar surface area (TPSA) is 55.3 Å². The van der Waals surface area contributed by atoms with Crippen molar-refractivity contribution in [1.82, 2.24) is 4.90 Å². The smallest absolute Gasteiger partial charge is 0.0292 e. The van der Waals surface area contributed by atoms with E-state index in [1.807, 2.05) is 12.1 Å². The van der Waals surface area contributed by atoms with Gasteiger partial charge in [-0.15, -0.1) is 0 Å². The van der Waals surface area contributed by atoms with Crippen LogP contribution in [-0.2, 0) is 6.54 Å². The van der Waals surface area contributed by atoms with Gasteiger partial charge in [-0.3, -0.25) is 0 Å². The van der Waals surface area contributed by atoms with Crippen molar-refractivity contribution in [3.05, 3.63) is 34.3 Å². The van der Waals surface area contributed by atoms with Gasteiger partial charge in [0, 0.05) is 30.1 Å². The van der Waals surface area contributed by atoms with Crippen molar-refractivity contribution in [2.24, 2.45) is 11.5 Å². The number of benzene rings is 1. The van der Waals surface area contributed by atoms with E-state index in [0.717, 1.165) is 17.6 Å². The third-order valence-electron chi connectivity index (χ3n) is 2.21. The zero-order valence-corrected chi connectivity index (χ0v) is 10.6. The van der Waals surface area contributed by atoms with Gasteiger partial charge in [-0.1, -0.05) is 28.1 Å². The zero-order chi connectivity index (χ0) is 11.3. The second kappa shape index (κ2) is 6.23. The Morgan fingerprint density at radius 1 is 1.33 bits per heavy atom. The monoisotopic (exact) mass is 271 g/mol. The van der Waals surface area contributed by atoms with Gasteiger partial charge in [0.15, 0.2) is 0 Å². The van der Waals surface area contributed by atoms with Gasteiger partial charge >= 0.3 is 0 Å². The van der Waals surface area contributed by atoms with Crippen molar-refractivity contribution in [1.29, 1.82) is 0 Å². The molecule has 0 bridgehead atoms. The molecule has 15 heavy (non-hydrogen) atoms. The van der Waals surface area contributed by atoms with Crippen LogP contribution < -0.4 is 11.5 Å². The summed E-state index contributed by atoms with van der Waals surface area (Å²) in [5, 5.41) is 0. The second-order valence-electron chi connectivity index (χ2n) is 3.82. The highest BCUT2D eigenvalue weighted by Crippen LogP contribution is 2.11. The van der Waals surface area contributed by atoms with Crippen LogP contribution in [0.1, 0.15) is 5.56 Å².